The van der Waals surface area contributed by atoms with E-state index in [-0.39, 0.29) is 5.54 Å². The van der Waals surface area contributed by atoms with Crippen molar-refractivity contribution in [3.05, 3.63) is 0 Å². The average Bonchev–Trinajstić information content (AvgIpc) is 2.92. The fourth-order valence-corrected chi connectivity index (χ4v) is 2.11. The topological polar surface area (TPSA) is 66.0 Å². The molecule has 6 heteroatoms. The molecule has 1 aliphatic heterocycles. The van der Waals surface area contributed by atoms with Crippen molar-refractivity contribution in [2.24, 2.45) is 0 Å². The standard InChI is InChI=1S/C14H26N6/c1-5-14(3,4)19-12-16-11(15-6-2)17-13(18-12)20-9-7-8-10-20/h5-10H2,1-4H3,(H2,15,16,17,18,19). The van der Waals surface area contributed by atoms with Gasteiger partial charge in [-0.2, -0.15) is 15.0 Å². The molecule has 20 heavy (non-hydrogen) atoms. The number of rotatable bonds is 6. The van der Waals surface area contributed by atoms with Gasteiger partial charge in [-0.15, -0.1) is 0 Å². The van der Waals surface area contributed by atoms with Gasteiger partial charge in [0.25, 0.3) is 0 Å². The van der Waals surface area contributed by atoms with Crippen LogP contribution in [0.3, 0.4) is 0 Å². The van der Waals surface area contributed by atoms with Gasteiger partial charge in [-0.3, -0.25) is 0 Å². The summed E-state index contributed by atoms with van der Waals surface area (Å²) in [6, 6.07) is 0. The Morgan fingerprint density at radius 1 is 1.05 bits per heavy atom. The quantitative estimate of drug-likeness (QED) is 0.833. The zero-order chi connectivity index (χ0) is 14.6. The Morgan fingerprint density at radius 2 is 1.70 bits per heavy atom. The summed E-state index contributed by atoms with van der Waals surface area (Å²) in [5.74, 6) is 2.09. The van der Waals surface area contributed by atoms with Crippen LogP contribution in [-0.2, 0) is 0 Å². The van der Waals surface area contributed by atoms with Crippen molar-refractivity contribution in [2.75, 3.05) is 35.2 Å². The lowest BCUT2D eigenvalue weighted by atomic mass is 10.0. The maximum atomic E-state index is 4.58. The van der Waals surface area contributed by atoms with Crippen LogP contribution in [0.25, 0.3) is 0 Å². The van der Waals surface area contributed by atoms with Crippen LogP contribution >= 0.6 is 0 Å². The Morgan fingerprint density at radius 3 is 2.30 bits per heavy atom. The molecule has 2 heterocycles. The predicted octanol–water partition coefficient (Wildman–Crippen LogP) is 2.50. The summed E-state index contributed by atoms with van der Waals surface area (Å²) in [6.45, 7) is 11.4. The van der Waals surface area contributed by atoms with E-state index in [1.54, 1.807) is 0 Å². The molecule has 2 N–H and O–H groups in total. The number of nitrogens with zero attached hydrogens (tertiary/aromatic N) is 4. The minimum absolute atomic E-state index is 0.0207. The lowest BCUT2D eigenvalue weighted by Crippen LogP contribution is -2.31. The molecule has 1 saturated heterocycles. The van der Waals surface area contributed by atoms with E-state index in [0.29, 0.717) is 11.9 Å². The van der Waals surface area contributed by atoms with Crippen LogP contribution in [0, 0.1) is 0 Å². The summed E-state index contributed by atoms with van der Waals surface area (Å²) in [7, 11) is 0. The number of nitrogens with one attached hydrogen (secondary N) is 2. The third-order valence-corrected chi connectivity index (χ3v) is 3.68. The van der Waals surface area contributed by atoms with E-state index >= 15 is 0 Å². The van der Waals surface area contributed by atoms with Crippen molar-refractivity contribution in [2.45, 2.75) is 52.5 Å². The molecular formula is C14H26N6. The van der Waals surface area contributed by atoms with Gasteiger partial charge in [0.2, 0.25) is 17.8 Å². The van der Waals surface area contributed by atoms with E-state index in [1.807, 2.05) is 6.92 Å². The van der Waals surface area contributed by atoms with Crippen LogP contribution in [0.4, 0.5) is 17.8 Å². The third-order valence-electron chi connectivity index (χ3n) is 3.68. The van der Waals surface area contributed by atoms with Crippen LogP contribution in [-0.4, -0.2) is 40.1 Å². The molecule has 6 nitrogen and oxygen atoms in total. The molecule has 0 radical (unpaired) electrons. The van der Waals surface area contributed by atoms with Gasteiger partial charge in [-0.05, 0) is 40.0 Å². The first kappa shape index (κ1) is 14.8. The van der Waals surface area contributed by atoms with Crippen molar-refractivity contribution < 1.29 is 0 Å². The number of aromatic nitrogens is 3. The first-order valence-corrected chi connectivity index (χ1v) is 7.57. The highest BCUT2D eigenvalue weighted by atomic mass is 15.3. The molecule has 0 unspecified atom stereocenters. The third kappa shape index (κ3) is 3.71. The molecule has 1 aliphatic rings. The molecule has 0 aliphatic carbocycles. The van der Waals surface area contributed by atoms with Gasteiger partial charge in [-0.1, -0.05) is 6.92 Å². The van der Waals surface area contributed by atoms with Gasteiger partial charge in [0, 0.05) is 25.2 Å². The molecule has 0 atom stereocenters. The van der Waals surface area contributed by atoms with Crippen molar-refractivity contribution in [1.82, 2.24) is 15.0 Å². The molecular weight excluding hydrogens is 252 g/mol. The average molecular weight is 278 g/mol. The van der Waals surface area contributed by atoms with E-state index < -0.39 is 0 Å². The second kappa shape index (κ2) is 6.24. The second-order valence-corrected chi connectivity index (χ2v) is 5.87. The van der Waals surface area contributed by atoms with Crippen molar-refractivity contribution >= 4 is 17.8 Å². The van der Waals surface area contributed by atoms with Crippen molar-refractivity contribution in [3.8, 4) is 0 Å². The van der Waals surface area contributed by atoms with E-state index in [1.165, 1.54) is 12.8 Å². The van der Waals surface area contributed by atoms with E-state index in [2.05, 4.69) is 51.3 Å². The van der Waals surface area contributed by atoms with Crippen molar-refractivity contribution in [3.63, 3.8) is 0 Å². The van der Waals surface area contributed by atoms with Crippen LogP contribution < -0.4 is 15.5 Å². The maximum absolute atomic E-state index is 4.58. The summed E-state index contributed by atoms with van der Waals surface area (Å²) in [6.07, 6.45) is 3.44. The lowest BCUT2D eigenvalue weighted by Gasteiger charge is -2.25. The smallest absolute Gasteiger partial charge is 0.231 e. The first-order valence-electron chi connectivity index (χ1n) is 7.57. The molecule has 1 aromatic rings. The van der Waals surface area contributed by atoms with E-state index in [4.69, 9.17) is 0 Å². The molecule has 2 rings (SSSR count). The number of hydrogen-bond acceptors (Lipinski definition) is 6. The highest BCUT2D eigenvalue weighted by molar-refractivity contribution is 5.45. The van der Waals surface area contributed by atoms with Crippen molar-refractivity contribution in [1.29, 1.82) is 0 Å². The summed E-state index contributed by atoms with van der Waals surface area (Å²) >= 11 is 0. The summed E-state index contributed by atoms with van der Waals surface area (Å²) < 4.78 is 0. The molecule has 0 amide bonds. The summed E-state index contributed by atoms with van der Waals surface area (Å²) in [5.41, 5.74) is -0.0207. The Bertz CT molecular complexity index is 439. The first-order chi connectivity index (χ1) is 9.54. The summed E-state index contributed by atoms with van der Waals surface area (Å²) in [5, 5.41) is 6.59. The van der Waals surface area contributed by atoms with E-state index in [0.717, 1.165) is 32.0 Å². The van der Waals surface area contributed by atoms with Crippen LogP contribution in [0.1, 0.15) is 47.0 Å². The molecule has 0 bridgehead atoms. The Hall–Kier alpha value is -1.59. The molecule has 112 valence electrons. The minimum Gasteiger partial charge on any atom is -0.354 e. The lowest BCUT2D eigenvalue weighted by molar-refractivity contribution is 0.541. The van der Waals surface area contributed by atoms with Gasteiger partial charge in [-0.25, -0.2) is 0 Å². The Labute approximate surface area is 121 Å². The predicted molar refractivity (Wildman–Crippen MR) is 83.4 cm³/mol. The zero-order valence-corrected chi connectivity index (χ0v) is 13.0. The highest BCUT2D eigenvalue weighted by Crippen LogP contribution is 2.21. The van der Waals surface area contributed by atoms with Gasteiger partial charge >= 0.3 is 0 Å². The zero-order valence-electron chi connectivity index (χ0n) is 13.0. The normalized spacial score (nSPS) is 15.5. The monoisotopic (exact) mass is 278 g/mol. The van der Waals surface area contributed by atoms with Crippen LogP contribution in [0.2, 0.25) is 0 Å². The van der Waals surface area contributed by atoms with E-state index in [9.17, 15) is 0 Å². The fraction of sp³-hybridized carbons (Fsp3) is 0.786. The van der Waals surface area contributed by atoms with Crippen LogP contribution in [0.5, 0.6) is 0 Å². The molecule has 0 aromatic carbocycles. The minimum atomic E-state index is -0.0207. The molecule has 1 aromatic heterocycles. The summed E-state index contributed by atoms with van der Waals surface area (Å²) in [4.78, 5) is 15.8. The second-order valence-electron chi connectivity index (χ2n) is 5.87. The van der Waals surface area contributed by atoms with Gasteiger partial charge in [0.05, 0.1) is 0 Å². The van der Waals surface area contributed by atoms with Gasteiger partial charge in [0.15, 0.2) is 0 Å². The maximum Gasteiger partial charge on any atom is 0.231 e. The molecule has 0 spiro atoms. The van der Waals surface area contributed by atoms with Gasteiger partial charge < -0.3 is 15.5 Å². The molecule has 1 fully saturated rings. The van der Waals surface area contributed by atoms with Gasteiger partial charge in [0.1, 0.15) is 0 Å². The highest BCUT2D eigenvalue weighted by Gasteiger charge is 2.20. The Kier molecular flexibility index (Phi) is 4.62. The fourth-order valence-electron chi connectivity index (χ4n) is 2.11. The number of anilines is 3. The number of hydrogen-bond donors (Lipinski definition) is 2. The SMILES string of the molecule is CCNc1nc(NC(C)(C)CC)nc(N2CCCC2)n1. The van der Waals surface area contributed by atoms with Crippen LogP contribution in [0.15, 0.2) is 0 Å². The largest absolute Gasteiger partial charge is 0.354 e. The molecule has 0 saturated carbocycles. The Balaban J connectivity index is 2.25.